The Labute approximate surface area is 165 Å². The Hall–Kier alpha value is -0.570. The van der Waals surface area contributed by atoms with Crippen molar-refractivity contribution in [3.8, 4) is 0 Å². The van der Waals surface area contributed by atoms with Crippen molar-refractivity contribution in [3.63, 3.8) is 0 Å². The Morgan fingerprint density at radius 2 is 1.71 bits per heavy atom. The summed E-state index contributed by atoms with van der Waals surface area (Å²) in [5.41, 5.74) is -5.54. The molecule has 4 saturated carbocycles. The number of hydrogen-bond donors (Lipinski definition) is 6. The average molecular weight is 398 g/mol. The van der Waals surface area contributed by atoms with Gasteiger partial charge in [0.25, 0.3) is 0 Å². The Morgan fingerprint density at radius 1 is 1.04 bits per heavy atom. The minimum Gasteiger partial charge on any atom is -0.396 e. The molecule has 0 aliphatic heterocycles. The van der Waals surface area contributed by atoms with Crippen LogP contribution in [0.2, 0.25) is 0 Å². The minimum atomic E-state index is -2.04. The van der Waals surface area contributed by atoms with Crippen molar-refractivity contribution in [2.75, 3.05) is 6.61 Å². The minimum absolute atomic E-state index is 0.0338. The Morgan fingerprint density at radius 3 is 2.32 bits per heavy atom. The SMILES string of the molecule is CC(=O)C1C(O)C(O)C2(O)C1(C)CCC1C3(CO)CCC(O)CC3CCC12O. The number of aliphatic hydroxyl groups excluding tert-OH is 4. The predicted molar refractivity (Wildman–Crippen MR) is 99.0 cm³/mol. The van der Waals surface area contributed by atoms with Gasteiger partial charge >= 0.3 is 0 Å². The zero-order chi connectivity index (χ0) is 20.7. The average Bonchev–Trinajstić information content (AvgIpc) is 2.80. The first-order valence-corrected chi connectivity index (χ1v) is 10.6. The lowest BCUT2D eigenvalue weighted by Gasteiger charge is -2.67. The summed E-state index contributed by atoms with van der Waals surface area (Å²) < 4.78 is 0. The highest BCUT2D eigenvalue weighted by Crippen LogP contribution is 2.70. The van der Waals surface area contributed by atoms with Crippen molar-refractivity contribution in [2.45, 2.75) is 88.3 Å². The number of carbonyl (C=O) groups is 1. The summed E-state index contributed by atoms with van der Waals surface area (Å²) in [6, 6.07) is 0. The maximum atomic E-state index is 12.3. The first-order valence-electron chi connectivity index (χ1n) is 10.6. The zero-order valence-electron chi connectivity index (χ0n) is 16.7. The van der Waals surface area contributed by atoms with Crippen LogP contribution in [0.1, 0.15) is 58.8 Å². The molecule has 6 N–H and O–H groups in total. The summed E-state index contributed by atoms with van der Waals surface area (Å²) in [7, 11) is 0. The summed E-state index contributed by atoms with van der Waals surface area (Å²) in [6.07, 6.45) is -0.291. The highest BCUT2D eigenvalue weighted by Gasteiger charge is 2.80. The number of rotatable bonds is 2. The smallest absolute Gasteiger partial charge is 0.136 e. The molecule has 0 heterocycles. The number of fused-ring (bicyclic) bond motifs is 5. The molecule has 0 aromatic heterocycles. The van der Waals surface area contributed by atoms with Crippen LogP contribution in [-0.4, -0.2) is 72.5 Å². The third kappa shape index (κ3) is 2.13. The molecule has 0 spiro atoms. The van der Waals surface area contributed by atoms with Gasteiger partial charge in [-0.05, 0) is 63.7 Å². The standard InChI is InChI=1S/C21H34O7/c1-11(23)15-16(25)17(26)21(28)18(15,2)6-5-14-19(10-22)7-4-13(24)9-12(19)3-8-20(14,21)27/h12-17,22,24-28H,3-10H2,1-2H3. The summed E-state index contributed by atoms with van der Waals surface area (Å²) in [4.78, 5) is 12.3. The van der Waals surface area contributed by atoms with Crippen molar-refractivity contribution in [1.29, 1.82) is 0 Å². The van der Waals surface area contributed by atoms with Gasteiger partial charge in [0.1, 0.15) is 17.5 Å². The molecule has 160 valence electrons. The van der Waals surface area contributed by atoms with Crippen LogP contribution < -0.4 is 0 Å². The van der Waals surface area contributed by atoms with Crippen molar-refractivity contribution < 1.29 is 35.4 Å². The van der Waals surface area contributed by atoms with Gasteiger partial charge in [0.2, 0.25) is 0 Å². The lowest BCUT2D eigenvalue weighted by molar-refractivity contribution is -0.322. The molecule has 4 fully saturated rings. The van der Waals surface area contributed by atoms with Gasteiger partial charge in [-0.25, -0.2) is 0 Å². The highest BCUT2D eigenvalue weighted by molar-refractivity contribution is 5.81. The van der Waals surface area contributed by atoms with Crippen molar-refractivity contribution >= 4 is 5.78 Å². The molecule has 10 unspecified atom stereocenters. The van der Waals surface area contributed by atoms with Gasteiger partial charge in [0.15, 0.2) is 0 Å². The second-order valence-electron chi connectivity index (χ2n) is 10.3. The summed E-state index contributed by atoms with van der Waals surface area (Å²) in [5, 5.41) is 66.0. The number of carbonyl (C=O) groups excluding carboxylic acids is 1. The molecule has 0 aromatic rings. The second-order valence-corrected chi connectivity index (χ2v) is 10.3. The number of aliphatic hydroxyl groups is 6. The number of Topliss-reactive ketones (excluding diaryl/α,β-unsaturated/α-hetero) is 1. The monoisotopic (exact) mass is 398 g/mol. The van der Waals surface area contributed by atoms with Crippen LogP contribution in [-0.2, 0) is 4.79 Å². The number of ketones is 1. The molecule has 4 aliphatic carbocycles. The first kappa shape index (κ1) is 20.7. The van der Waals surface area contributed by atoms with Crippen molar-refractivity contribution in [2.24, 2.45) is 28.6 Å². The fraction of sp³-hybridized carbons (Fsp3) is 0.952. The fourth-order valence-electron chi connectivity index (χ4n) is 8.14. The van der Waals surface area contributed by atoms with Gasteiger partial charge in [0.05, 0.1) is 23.7 Å². The van der Waals surface area contributed by atoms with Gasteiger partial charge in [-0.1, -0.05) is 6.92 Å². The van der Waals surface area contributed by atoms with Crippen LogP contribution in [0.15, 0.2) is 0 Å². The third-order valence-corrected chi connectivity index (χ3v) is 9.45. The Kier molecular flexibility index (Phi) is 4.60. The second kappa shape index (κ2) is 6.22. The van der Waals surface area contributed by atoms with Gasteiger partial charge < -0.3 is 30.6 Å². The molecule has 7 nitrogen and oxygen atoms in total. The third-order valence-electron chi connectivity index (χ3n) is 9.45. The zero-order valence-corrected chi connectivity index (χ0v) is 16.7. The van der Waals surface area contributed by atoms with E-state index in [0.717, 1.165) is 0 Å². The normalized spacial score (nSPS) is 58.6. The largest absolute Gasteiger partial charge is 0.396 e. The molecule has 0 radical (unpaired) electrons. The van der Waals surface area contributed by atoms with E-state index in [1.165, 1.54) is 6.92 Å². The maximum Gasteiger partial charge on any atom is 0.136 e. The Balaban J connectivity index is 1.83. The van der Waals surface area contributed by atoms with E-state index in [2.05, 4.69) is 0 Å². The molecule has 0 amide bonds. The van der Waals surface area contributed by atoms with E-state index in [-0.39, 0.29) is 24.7 Å². The summed E-state index contributed by atoms with van der Waals surface area (Å²) in [5.74, 6) is -1.69. The van der Waals surface area contributed by atoms with Crippen LogP contribution in [0.4, 0.5) is 0 Å². The van der Waals surface area contributed by atoms with Gasteiger partial charge in [0, 0.05) is 17.4 Å². The molecule has 10 atom stereocenters. The molecule has 4 rings (SSSR count). The quantitative estimate of drug-likeness (QED) is 0.377. The van der Waals surface area contributed by atoms with Gasteiger partial charge in [-0.3, -0.25) is 4.79 Å². The van der Waals surface area contributed by atoms with Crippen LogP contribution >= 0.6 is 0 Å². The van der Waals surface area contributed by atoms with Crippen LogP contribution in [0.25, 0.3) is 0 Å². The van der Waals surface area contributed by atoms with E-state index in [1.807, 2.05) is 0 Å². The predicted octanol–water partition coefficient (Wildman–Crippen LogP) is -0.261. The molecular weight excluding hydrogens is 364 g/mol. The van der Waals surface area contributed by atoms with Crippen LogP contribution in [0.5, 0.6) is 0 Å². The van der Waals surface area contributed by atoms with Gasteiger partial charge in [-0.2, -0.15) is 0 Å². The molecule has 4 aliphatic rings. The Bertz CT molecular complexity index is 669. The highest BCUT2D eigenvalue weighted by atomic mass is 16.4. The molecule has 0 aromatic carbocycles. The van der Waals surface area contributed by atoms with Gasteiger partial charge in [-0.15, -0.1) is 0 Å². The van der Waals surface area contributed by atoms with E-state index >= 15 is 0 Å². The number of hydrogen-bond acceptors (Lipinski definition) is 7. The lowest BCUT2D eigenvalue weighted by atomic mass is 9.41. The summed E-state index contributed by atoms with van der Waals surface area (Å²) in [6.45, 7) is 2.89. The molecule has 0 bridgehead atoms. The lowest BCUT2D eigenvalue weighted by Crippen LogP contribution is -2.76. The van der Waals surface area contributed by atoms with Crippen LogP contribution in [0, 0.1) is 28.6 Å². The first-order chi connectivity index (χ1) is 13.0. The molecule has 28 heavy (non-hydrogen) atoms. The molecule has 7 heteroatoms. The molecular formula is C21H34O7. The van der Waals surface area contributed by atoms with E-state index in [1.54, 1.807) is 6.92 Å². The molecule has 0 saturated heterocycles. The van der Waals surface area contributed by atoms with E-state index in [9.17, 15) is 35.4 Å². The fourth-order valence-corrected chi connectivity index (χ4v) is 8.14. The van der Waals surface area contributed by atoms with E-state index in [0.29, 0.717) is 38.5 Å². The maximum absolute atomic E-state index is 12.3. The topological polar surface area (TPSA) is 138 Å². The van der Waals surface area contributed by atoms with E-state index < -0.39 is 52.2 Å². The van der Waals surface area contributed by atoms with E-state index in [4.69, 9.17) is 0 Å². The van der Waals surface area contributed by atoms with Crippen molar-refractivity contribution in [3.05, 3.63) is 0 Å². The van der Waals surface area contributed by atoms with Crippen molar-refractivity contribution in [1.82, 2.24) is 0 Å². The summed E-state index contributed by atoms with van der Waals surface area (Å²) >= 11 is 0. The van der Waals surface area contributed by atoms with Crippen LogP contribution in [0.3, 0.4) is 0 Å².